The van der Waals surface area contributed by atoms with E-state index >= 15 is 0 Å². The van der Waals surface area contributed by atoms with Crippen LogP contribution in [-0.2, 0) is 11.8 Å². The maximum Gasteiger partial charge on any atom is 0.0802 e. The van der Waals surface area contributed by atoms with Crippen molar-refractivity contribution in [3.05, 3.63) is 34.9 Å². The van der Waals surface area contributed by atoms with Crippen molar-refractivity contribution in [3.8, 4) is 0 Å². The number of aryl methyl sites for hydroxylation is 1. The molecule has 0 aliphatic rings. The van der Waals surface area contributed by atoms with Gasteiger partial charge in [0.15, 0.2) is 0 Å². The smallest absolute Gasteiger partial charge is 0.0802 e. The Morgan fingerprint density at radius 3 is 2.15 bits per heavy atom. The second-order valence-corrected chi connectivity index (χ2v) is 6.96. The summed E-state index contributed by atoms with van der Waals surface area (Å²) in [5.74, 6) is 0.247. The quantitative estimate of drug-likeness (QED) is 0.860. The van der Waals surface area contributed by atoms with Crippen LogP contribution < -0.4 is 0 Å². The Labute approximate surface area is 123 Å². The SMILES string of the molecule is CCc1ccc(C(C)(C)C)cc1C(C)CC(O)C(C)O. The lowest BCUT2D eigenvalue weighted by molar-refractivity contribution is 0.0227. The Bertz CT molecular complexity index is 430. The predicted octanol–water partition coefficient (Wildman–Crippen LogP) is 3.78. The molecule has 0 spiro atoms. The first-order valence-electron chi connectivity index (χ1n) is 7.66. The zero-order valence-corrected chi connectivity index (χ0v) is 13.8. The van der Waals surface area contributed by atoms with Crippen molar-refractivity contribution < 1.29 is 10.2 Å². The van der Waals surface area contributed by atoms with Gasteiger partial charge in [0.05, 0.1) is 12.2 Å². The van der Waals surface area contributed by atoms with Crippen molar-refractivity contribution >= 4 is 0 Å². The average molecular weight is 278 g/mol. The normalized spacial score (nSPS) is 16.8. The Hall–Kier alpha value is -0.860. The van der Waals surface area contributed by atoms with Crippen LogP contribution in [0.2, 0.25) is 0 Å². The summed E-state index contributed by atoms with van der Waals surface area (Å²) in [6.45, 7) is 12.6. The summed E-state index contributed by atoms with van der Waals surface area (Å²) in [6.07, 6.45) is 0.258. The zero-order valence-electron chi connectivity index (χ0n) is 13.8. The van der Waals surface area contributed by atoms with Gasteiger partial charge in [-0.15, -0.1) is 0 Å². The highest BCUT2D eigenvalue weighted by Crippen LogP contribution is 2.31. The third kappa shape index (κ3) is 4.32. The van der Waals surface area contributed by atoms with E-state index < -0.39 is 12.2 Å². The summed E-state index contributed by atoms with van der Waals surface area (Å²) >= 11 is 0. The van der Waals surface area contributed by atoms with E-state index in [2.05, 4.69) is 52.8 Å². The number of aliphatic hydroxyl groups excluding tert-OH is 2. The van der Waals surface area contributed by atoms with Crippen LogP contribution in [0.3, 0.4) is 0 Å². The van der Waals surface area contributed by atoms with Crippen molar-refractivity contribution in [2.24, 2.45) is 0 Å². The number of rotatable bonds is 5. The number of aliphatic hydroxyl groups is 2. The van der Waals surface area contributed by atoms with Crippen LogP contribution in [0.5, 0.6) is 0 Å². The Kier molecular flexibility index (Phi) is 5.79. The van der Waals surface area contributed by atoms with Gasteiger partial charge in [-0.1, -0.05) is 52.8 Å². The van der Waals surface area contributed by atoms with Gasteiger partial charge >= 0.3 is 0 Å². The molecule has 0 amide bonds. The lowest BCUT2D eigenvalue weighted by atomic mass is 9.81. The number of hydrogen-bond donors (Lipinski definition) is 2. The molecule has 0 aliphatic carbocycles. The van der Waals surface area contributed by atoms with Gasteiger partial charge in [0.1, 0.15) is 0 Å². The molecule has 0 aromatic heterocycles. The largest absolute Gasteiger partial charge is 0.391 e. The summed E-state index contributed by atoms with van der Waals surface area (Å²) in [4.78, 5) is 0. The predicted molar refractivity (Wildman–Crippen MR) is 85.2 cm³/mol. The zero-order chi connectivity index (χ0) is 15.5. The highest BCUT2D eigenvalue weighted by Gasteiger charge is 2.21. The highest BCUT2D eigenvalue weighted by atomic mass is 16.3. The third-order valence-electron chi connectivity index (χ3n) is 4.08. The van der Waals surface area contributed by atoms with Crippen molar-refractivity contribution in [3.63, 3.8) is 0 Å². The van der Waals surface area contributed by atoms with E-state index in [-0.39, 0.29) is 11.3 Å². The van der Waals surface area contributed by atoms with Crippen LogP contribution in [-0.4, -0.2) is 22.4 Å². The molecule has 0 radical (unpaired) electrons. The first kappa shape index (κ1) is 17.2. The molecule has 1 rings (SSSR count). The van der Waals surface area contributed by atoms with Crippen LogP contribution in [0.15, 0.2) is 18.2 Å². The van der Waals surface area contributed by atoms with Gasteiger partial charge < -0.3 is 10.2 Å². The second-order valence-electron chi connectivity index (χ2n) is 6.96. The lowest BCUT2D eigenvalue weighted by Crippen LogP contribution is -2.24. The molecule has 0 aliphatic heterocycles. The maximum absolute atomic E-state index is 9.90. The summed E-state index contributed by atoms with van der Waals surface area (Å²) < 4.78 is 0. The third-order valence-corrected chi connectivity index (χ3v) is 4.08. The van der Waals surface area contributed by atoms with Gasteiger partial charge in [0.25, 0.3) is 0 Å². The minimum atomic E-state index is -0.673. The van der Waals surface area contributed by atoms with E-state index in [4.69, 9.17) is 0 Å². The minimum Gasteiger partial charge on any atom is -0.391 e. The molecule has 1 aromatic carbocycles. The summed E-state index contributed by atoms with van der Waals surface area (Å²) in [6, 6.07) is 6.69. The van der Waals surface area contributed by atoms with Crippen molar-refractivity contribution in [1.29, 1.82) is 0 Å². The van der Waals surface area contributed by atoms with E-state index in [0.717, 1.165) is 6.42 Å². The fraction of sp³-hybridized carbons (Fsp3) is 0.667. The van der Waals surface area contributed by atoms with Crippen LogP contribution in [0, 0.1) is 0 Å². The number of benzene rings is 1. The van der Waals surface area contributed by atoms with Crippen molar-refractivity contribution in [1.82, 2.24) is 0 Å². The van der Waals surface area contributed by atoms with Crippen molar-refractivity contribution in [2.75, 3.05) is 0 Å². The van der Waals surface area contributed by atoms with Gasteiger partial charge in [0.2, 0.25) is 0 Å². The molecule has 2 N–H and O–H groups in total. The van der Waals surface area contributed by atoms with Crippen LogP contribution in [0.4, 0.5) is 0 Å². The molecule has 0 heterocycles. The van der Waals surface area contributed by atoms with E-state index in [0.29, 0.717) is 6.42 Å². The van der Waals surface area contributed by atoms with Crippen LogP contribution in [0.1, 0.15) is 70.6 Å². The molecule has 114 valence electrons. The summed E-state index contributed by atoms with van der Waals surface area (Å²) in [7, 11) is 0. The maximum atomic E-state index is 9.90. The van der Waals surface area contributed by atoms with Crippen molar-refractivity contribution in [2.45, 2.75) is 77.9 Å². The van der Waals surface area contributed by atoms with E-state index in [1.54, 1.807) is 6.92 Å². The van der Waals surface area contributed by atoms with Gasteiger partial charge in [-0.25, -0.2) is 0 Å². The Morgan fingerprint density at radius 2 is 1.70 bits per heavy atom. The Balaban J connectivity index is 3.07. The molecular formula is C18H30O2. The standard InChI is InChI=1S/C18H30O2/c1-7-14-8-9-15(18(4,5)6)11-16(14)12(2)10-17(20)13(3)19/h8-9,11-13,17,19-20H,7,10H2,1-6H3. The monoisotopic (exact) mass is 278 g/mol. The van der Waals surface area contributed by atoms with Gasteiger partial charge in [-0.05, 0) is 47.8 Å². The molecule has 0 saturated heterocycles. The fourth-order valence-corrected chi connectivity index (χ4v) is 2.53. The molecule has 2 nitrogen and oxygen atoms in total. The lowest BCUT2D eigenvalue weighted by Gasteiger charge is -2.25. The molecule has 0 bridgehead atoms. The highest BCUT2D eigenvalue weighted by molar-refractivity contribution is 5.37. The summed E-state index contributed by atoms with van der Waals surface area (Å²) in [5, 5.41) is 19.4. The van der Waals surface area contributed by atoms with Gasteiger partial charge in [-0.3, -0.25) is 0 Å². The summed E-state index contributed by atoms with van der Waals surface area (Å²) in [5.41, 5.74) is 4.09. The van der Waals surface area contributed by atoms with Crippen LogP contribution >= 0.6 is 0 Å². The Morgan fingerprint density at radius 1 is 1.10 bits per heavy atom. The fourth-order valence-electron chi connectivity index (χ4n) is 2.53. The molecule has 3 unspecified atom stereocenters. The van der Waals surface area contributed by atoms with E-state index in [1.165, 1.54) is 16.7 Å². The second kappa shape index (κ2) is 6.73. The molecular weight excluding hydrogens is 248 g/mol. The molecule has 0 saturated carbocycles. The number of hydrogen-bond acceptors (Lipinski definition) is 2. The van der Waals surface area contributed by atoms with E-state index in [9.17, 15) is 10.2 Å². The minimum absolute atomic E-state index is 0.129. The first-order chi connectivity index (χ1) is 9.16. The molecule has 20 heavy (non-hydrogen) atoms. The van der Waals surface area contributed by atoms with Gasteiger partial charge in [0, 0.05) is 0 Å². The van der Waals surface area contributed by atoms with Gasteiger partial charge in [-0.2, -0.15) is 0 Å². The molecule has 0 fully saturated rings. The first-order valence-corrected chi connectivity index (χ1v) is 7.66. The molecule has 1 aromatic rings. The molecule has 3 atom stereocenters. The molecule has 2 heteroatoms. The van der Waals surface area contributed by atoms with E-state index in [1.807, 2.05) is 0 Å². The topological polar surface area (TPSA) is 40.5 Å². The average Bonchev–Trinajstić information content (AvgIpc) is 2.36. The van der Waals surface area contributed by atoms with Crippen LogP contribution in [0.25, 0.3) is 0 Å².